The Morgan fingerprint density at radius 1 is 1.17 bits per heavy atom. The molecule has 0 atom stereocenters. The van der Waals surface area contributed by atoms with Gasteiger partial charge >= 0.3 is 0 Å². The largest absolute Gasteiger partial charge is 0.317 e. The van der Waals surface area contributed by atoms with Gasteiger partial charge in [0.05, 0.1) is 0 Å². The van der Waals surface area contributed by atoms with Crippen LogP contribution in [0.3, 0.4) is 0 Å². The number of nitrogens with zero attached hydrogens (tertiary/aromatic N) is 1. The molecule has 3 heteroatoms. The van der Waals surface area contributed by atoms with E-state index in [-0.39, 0.29) is 0 Å². The van der Waals surface area contributed by atoms with E-state index in [0.717, 1.165) is 12.1 Å². The van der Waals surface area contributed by atoms with Gasteiger partial charge in [-0.25, -0.2) is 0 Å². The van der Waals surface area contributed by atoms with Crippen molar-refractivity contribution in [3.63, 3.8) is 0 Å². The zero-order chi connectivity index (χ0) is 8.39. The minimum Gasteiger partial charge on any atom is -0.317 e. The van der Waals surface area contributed by atoms with Crippen LogP contribution < -0.4 is 10.6 Å². The fourth-order valence-electron chi connectivity index (χ4n) is 2.13. The van der Waals surface area contributed by atoms with E-state index >= 15 is 0 Å². The van der Waals surface area contributed by atoms with E-state index in [1.54, 1.807) is 0 Å². The second-order valence-corrected chi connectivity index (χ2v) is 4.11. The van der Waals surface area contributed by atoms with Crippen LogP contribution >= 0.6 is 0 Å². The number of likely N-dealkylation sites (N-methyl/N-ethyl adjacent to an activating group) is 1. The van der Waals surface area contributed by atoms with E-state index in [4.69, 9.17) is 0 Å². The predicted molar refractivity (Wildman–Crippen MR) is 50.3 cm³/mol. The molecule has 0 aromatic heterocycles. The van der Waals surface area contributed by atoms with E-state index in [2.05, 4.69) is 22.6 Å². The summed E-state index contributed by atoms with van der Waals surface area (Å²) in [4.78, 5) is 2.36. The van der Waals surface area contributed by atoms with Crippen LogP contribution in [0.25, 0.3) is 0 Å². The molecule has 0 spiro atoms. The van der Waals surface area contributed by atoms with Crippen molar-refractivity contribution in [1.82, 2.24) is 15.5 Å². The summed E-state index contributed by atoms with van der Waals surface area (Å²) in [6.07, 6.45) is 2.61. The van der Waals surface area contributed by atoms with Crippen molar-refractivity contribution in [3.8, 4) is 0 Å². The first-order valence-electron chi connectivity index (χ1n) is 5.00. The molecule has 12 heavy (non-hydrogen) atoms. The van der Waals surface area contributed by atoms with Crippen molar-refractivity contribution in [2.75, 3.05) is 33.2 Å². The molecule has 2 N–H and O–H groups in total. The number of nitrogens with one attached hydrogen (secondary N) is 2. The first-order valence-corrected chi connectivity index (χ1v) is 5.00. The van der Waals surface area contributed by atoms with Crippen LogP contribution in [0.5, 0.6) is 0 Å². The summed E-state index contributed by atoms with van der Waals surface area (Å²) in [5.41, 5.74) is 0. The maximum absolute atomic E-state index is 3.70. The Kier molecular flexibility index (Phi) is 2.63. The molecule has 0 saturated carbocycles. The number of hydrogen-bond donors (Lipinski definition) is 2. The SMILES string of the molecule is CN1CC(NC2CCNCC2)C1. The van der Waals surface area contributed by atoms with Gasteiger partial charge in [0.2, 0.25) is 0 Å². The Bertz CT molecular complexity index is 137. The molecular formula is C9H19N3. The maximum atomic E-state index is 3.70. The standard InChI is InChI=1S/C9H19N3/c1-12-6-9(7-12)11-8-2-4-10-5-3-8/h8-11H,2-7H2,1H3. The van der Waals surface area contributed by atoms with Gasteiger partial charge in [0.15, 0.2) is 0 Å². The van der Waals surface area contributed by atoms with E-state index in [1.807, 2.05) is 0 Å². The van der Waals surface area contributed by atoms with E-state index < -0.39 is 0 Å². The van der Waals surface area contributed by atoms with Gasteiger partial charge in [-0.3, -0.25) is 0 Å². The van der Waals surface area contributed by atoms with Crippen molar-refractivity contribution in [1.29, 1.82) is 0 Å². The highest BCUT2D eigenvalue weighted by molar-refractivity contribution is 4.87. The molecule has 0 unspecified atom stereocenters. The molecule has 70 valence electrons. The highest BCUT2D eigenvalue weighted by atomic mass is 15.2. The fraction of sp³-hybridized carbons (Fsp3) is 1.00. The fourth-order valence-corrected chi connectivity index (χ4v) is 2.13. The summed E-state index contributed by atoms with van der Waals surface area (Å²) in [6.45, 7) is 4.87. The van der Waals surface area contributed by atoms with Gasteiger partial charge < -0.3 is 15.5 Å². The molecule has 0 amide bonds. The Balaban J connectivity index is 1.65. The quantitative estimate of drug-likeness (QED) is 0.591. The lowest BCUT2D eigenvalue weighted by atomic mass is 10.0. The van der Waals surface area contributed by atoms with Gasteiger partial charge in [0.25, 0.3) is 0 Å². The van der Waals surface area contributed by atoms with Crippen molar-refractivity contribution in [2.24, 2.45) is 0 Å². The van der Waals surface area contributed by atoms with Crippen LogP contribution in [0.1, 0.15) is 12.8 Å². The summed E-state index contributed by atoms with van der Waals surface area (Å²) in [7, 11) is 2.18. The lowest BCUT2D eigenvalue weighted by Gasteiger charge is -2.40. The minimum atomic E-state index is 0.776. The normalized spacial score (nSPS) is 28.8. The highest BCUT2D eigenvalue weighted by Crippen LogP contribution is 2.09. The summed E-state index contributed by atoms with van der Waals surface area (Å²) in [5.74, 6) is 0. The topological polar surface area (TPSA) is 27.3 Å². The third-order valence-corrected chi connectivity index (χ3v) is 2.87. The van der Waals surface area contributed by atoms with Gasteiger partial charge in [-0.15, -0.1) is 0 Å². The number of hydrogen-bond acceptors (Lipinski definition) is 3. The van der Waals surface area contributed by atoms with Crippen molar-refractivity contribution < 1.29 is 0 Å². The second kappa shape index (κ2) is 3.73. The second-order valence-electron chi connectivity index (χ2n) is 4.11. The molecule has 0 aromatic rings. The first-order chi connectivity index (χ1) is 5.84. The lowest BCUT2D eigenvalue weighted by Crippen LogP contribution is -2.59. The zero-order valence-corrected chi connectivity index (χ0v) is 7.84. The van der Waals surface area contributed by atoms with Gasteiger partial charge in [0.1, 0.15) is 0 Å². The molecule has 0 bridgehead atoms. The summed E-state index contributed by atoms with van der Waals surface area (Å²) in [5, 5.41) is 7.09. The van der Waals surface area contributed by atoms with E-state index in [1.165, 1.54) is 39.0 Å². The monoisotopic (exact) mass is 169 g/mol. The molecule has 2 aliphatic rings. The van der Waals surface area contributed by atoms with Crippen LogP contribution in [0.4, 0.5) is 0 Å². The molecule has 2 saturated heterocycles. The lowest BCUT2D eigenvalue weighted by molar-refractivity contribution is 0.144. The van der Waals surface area contributed by atoms with Crippen molar-refractivity contribution >= 4 is 0 Å². The Hall–Kier alpha value is -0.120. The predicted octanol–water partition coefficient (Wildman–Crippen LogP) is -0.358. The van der Waals surface area contributed by atoms with Crippen LogP contribution in [-0.2, 0) is 0 Å². The van der Waals surface area contributed by atoms with Crippen LogP contribution in [0.2, 0.25) is 0 Å². The highest BCUT2D eigenvalue weighted by Gasteiger charge is 2.25. The van der Waals surface area contributed by atoms with E-state index in [9.17, 15) is 0 Å². The molecule has 2 heterocycles. The molecular weight excluding hydrogens is 150 g/mol. The zero-order valence-electron chi connectivity index (χ0n) is 7.84. The third kappa shape index (κ3) is 1.97. The maximum Gasteiger partial charge on any atom is 0.0324 e. The number of piperidine rings is 1. The van der Waals surface area contributed by atoms with Crippen LogP contribution in [0, 0.1) is 0 Å². The van der Waals surface area contributed by atoms with Gasteiger partial charge in [-0.2, -0.15) is 0 Å². The van der Waals surface area contributed by atoms with Gasteiger partial charge in [-0.1, -0.05) is 0 Å². The third-order valence-electron chi connectivity index (χ3n) is 2.87. The molecule has 2 fully saturated rings. The molecule has 2 rings (SSSR count). The summed E-state index contributed by atoms with van der Waals surface area (Å²) >= 11 is 0. The summed E-state index contributed by atoms with van der Waals surface area (Å²) in [6, 6.07) is 1.56. The average Bonchev–Trinajstić information content (AvgIpc) is 2.04. The van der Waals surface area contributed by atoms with Gasteiger partial charge in [-0.05, 0) is 33.0 Å². The number of likely N-dealkylation sites (tertiary alicyclic amines) is 1. The van der Waals surface area contributed by atoms with Crippen molar-refractivity contribution in [3.05, 3.63) is 0 Å². The van der Waals surface area contributed by atoms with Crippen LogP contribution in [0.15, 0.2) is 0 Å². The smallest absolute Gasteiger partial charge is 0.0324 e. The molecule has 3 nitrogen and oxygen atoms in total. The average molecular weight is 169 g/mol. The molecule has 2 aliphatic heterocycles. The van der Waals surface area contributed by atoms with Crippen LogP contribution in [-0.4, -0.2) is 50.2 Å². The minimum absolute atomic E-state index is 0.776. The molecule has 0 aliphatic carbocycles. The Morgan fingerprint density at radius 3 is 2.42 bits per heavy atom. The Labute approximate surface area is 74.5 Å². The van der Waals surface area contributed by atoms with Gasteiger partial charge in [0, 0.05) is 25.2 Å². The first kappa shape index (κ1) is 8.48. The van der Waals surface area contributed by atoms with Crippen molar-refractivity contribution in [2.45, 2.75) is 24.9 Å². The summed E-state index contributed by atoms with van der Waals surface area (Å²) < 4.78 is 0. The Morgan fingerprint density at radius 2 is 1.83 bits per heavy atom. The number of rotatable bonds is 2. The molecule has 0 aromatic carbocycles. The molecule has 0 radical (unpaired) electrons. The van der Waals surface area contributed by atoms with E-state index in [0.29, 0.717) is 0 Å².